The maximum absolute atomic E-state index is 12.8. The monoisotopic (exact) mass is 485 g/mol. The van der Waals surface area contributed by atoms with Gasteiger partial charge in [-0.3, -0.25) is 9.10 Å². The number of nitrogens with one attached hydrogen (secondary N) is 1. The Hall–Kier alpha value is -2.54. The second-order valence-electron chi connectivity index (χ2n) is 10.6. The number of amides is 1. The zero-order chi connectivity index (χ0) is 25.1. The molecule has 0 saturated carbocycles. The summed E-state index contributed by atoms with van der Waals surface area (Å²) in [6, 6.07) is 15.4. The molecule has 6 nitrogen and oxygen atoms in total. The van der Waals surface area contributed by atoms with Crippen LogP contribution in [0.4, 0.5) is 11.4 Å². The predicted molar refractivity (Wildman–Crippen MR) is 141 cm³/mol. The minimum Gasteiger partial charge on any atom is -0.372 e. The van der Waals surface area contributed by atoms with E-state index < -0.39 is 10.0 Å². The van der Waals surface area contributed by atoms with Crippen molar-refractivity contribution in [3.8, 4) is 0 Å². The van der Waals surface area contributed by atoms with Crippen LogP contribution in [0.1, 0.15) is 64.6 Å². The van der Waals surface area contributed by atoms with Crippen molar-refractivity contribution in [2.75, 3.05) is 35.1 Å². The fourth-order valence-electron chi connectivity index (χ4n) is 4.27. The number of sulfonamides is 1. The lowest BCUT2D eigenvalue weighted by Gasteiger charge is -2.32. The Morgan fingerprint density at radius 1 is 1.06 bits per heavy atom. The second kappa shape index (κ2) is 10.4. The van der Waals surface area contributed by atoms with Crippen molar-refractivity contribution in [1.29, 1.82) is 0 Å². The van der Waals surface area contributed by atoms with Crippen LogP contribution in [0.3, 0.4) is 0 Å². The number of hydrogen-bond donors (Lipinski definition) is 1. The molecule has 1 amide bonds. The molecule has 1 unspecified atom stereocenters. The summed E-state index contributed by atoms with van der Waals surface area (Å²) in [4.78, 5) is 15.2. The number of benzene rings is 2. The van der Waals surface area contributed by atoms with E-state index in [1.807, 2.05) is 31.2 Å². The molecule has 1 aliphatic heterocycles. The lowest BCUT2D eigenvalue weighted by Crippen LogP contribution is -2.41. The number of anilines is 2. The molecule has 0 spiro atoms. The van der Waals surface area contributed by atoms with Crippen LogP contribution in [0, 0.1) is 5.92 Å². The molecule has 1 fully saturated rings. The van der Waals surface area contributed by atoms with Gasteiger partial charge in [0.05, 0.1) is 18.0 Å². The first kappa shape index (κ1) is 26.1. The maximum atomic E-state index is 12.8. The molecule has 0 radical (unpaired) electrons. The van der Waals surface area contributed by atoms with Crippen molar-refractivity contribution in [2.45, 2.75) is 58.9 Å². The van der Waals surface area contributed by atoms with Gasteiger partial charge in [-0.1, -0.05) is 52.0 Å². The van der Waals surface area contributed by atoms with E-state index >= 15 is 0 Å². The average Bonchev–Trinajstić information content (AvgIpc) is 2.77. The van der Waals surface area contributed by atoms with Crippen molar-refractivity contribution >= 4 is 27.3 Å². The van der Waals surface area contributed by atoms with Crippen LogP contribution in [0.5, 0.6) is 0 Å². The van der Waals surface area contributed by atoms with Gasteiger partial charge in [0.25, 0.3) is 0 Å². The highest BCUT2D eigenvalue weighted by atomic mass is 32.2. The second-order valence-corrected chi connectivity index (χ2v) is 12.5. The Kier molecular flexibility index (Phi) is 7.96. The van der Waals surface area contributed by atoms with Crippen molar-refractivity contribution in [1.82, 2.24) is 5.32 Å². The summed E-state index contributed by atoms with van der Waals surface area (Å²) in [5.41, 5.74) is 3.74. The van der Waals surface area contributed by atoms with Gasteiger partial charge >= 0.3 is 0 Å². The van der Waals surface area contributed by atoms with Crippen LogP contribution in [0.15, 0.2) is 48.5 Å². The Morgan fingerprint density at radius 3 is 2.12 bits per heavy atom. The van der Waals surface area contributed by atoms with Crippen LogP contribution >= 0.6 is 0 Å². The van der Waals surface area contributed by atoms with E-state index in [0.29, 0.717) is 5.69 Å². The van der Waals surface area contributed by atoms with Gasteiger partial charge in [-0.05, 0) is 66.5 Å². The summed E-state index contributed by atoms with van der Waals surface area (Å²) in [6.07, 6.45) is 3.55. The van der Waals surface area contributed by atoms with Gasteiger partial charge in [-0.2, -0.15) is 0 Å². The fraction of sp³-hybridized carbons (Fsp3) is 0.519. The number of hydrogen-bond acceptors (Lipinski definition) is 4. The predicted octanol–water partition coefficient (Wildman–Crippen LogP) is 4.86. The van der Waals surface area contributed by atoms with Gasteiger partial charge in [0, 0.05) is 18.8 Å². The standard InChI is InChI=1S/C27H39N3O3S/c1-20-15-17-29(18-16-20)24-11-7-22(8-12-24)21(2)28-26(31)19-30(34(6,32)33)25-13-9-23(10-14-25)27(3,4)5/h7-14,20-21H,15-19H2,1-6H3,(H,28,31). The maximum Gasteiger partial charge on any atom is 0.241 e. The Bertz CT molecular complexity index is 1070. The summed E-state index contributed by atoms with van der Waals surface area (Å²) < 4.78 is 26.1. The quantitative estimate of drug-likeness (QED) is 0.608. The molecule has 3 rings (SSSR count). The molecule has 0 aromatic heterocycles. The lowest BCUT2D eigenvalue weighted by molar-refractivity contribution is -0.120. The summed E-state index contributed by atoms with van der Waals surface area (Å²) >= 11 is 0. The summed E-state index contributed by atoms with van der Waals surface area (Å²) in [6.45, 7) is 12.4. The van der Waals surface area contributed by atoms with E-state index in [0.717, 1.165) is 40.7 Å². The molecule has 0 bridgehead atoms. The lowest BCUT2D eigenvalue weighted by atomic mass is 9.87. The van der Waals surface area contributed by atoms with Crippen LogP contribution in [0.25, 0.3) is 0 Å². The summed E-state index contributed by atoms with van der Waals surface area (Å²) in [7, 11) is -3.62. The SMILES string of the molecule is CC1CCN(c2ccc(C(C)NC(=O)CN(c3ccc(C(C)(C)C)cc3)S(C)(=O)=O)cc2)CC1. The van der Waals surface area contributed by atoms with Crippen LogP contribution < -0.4 is 14.5 Å². The van der Waals surface area contributed by atoms with E-state index in [-0.39, 0.29) is 23.9 Å². The first-order valence-corrected chi connectivity index (χ1v) is 13.9. The molecule has 2 aromatic carbocycles. The van der Waals surface area contributed by atoms with Crippen LogP contribution in [-0.4, -0.2) is 40.2 Å². The van der Waals surface area contributed by atoms with Crippen molar-refractivity contribution in [3.63, 3.8) is 0 Å². The number of rotatable bonds is 7. The molecule has 2 aromatic rings. The third-order valence-corrected chi connectivity index (χ3v) is 7.77. The van der Waals surface area contributed by atoms with Crippen molar-refractivity contribution < 1.29 is 13.2 Å². The van der Waals surface area contributed by atoms with Gasteiger partial charge in [0.15, 0.2) is 0 Å². The summed E-state index contributed by atoms with van der Waals surface area (Å²) in [5.74, 6) is 0.445. The normalized spacial score (nSPS) is 16.2. The molecule has 1 heterocycles. The van der Waals surface area contributed by atoms with Crippen molar-refractivity contribution in [2.24, 2.45) is 5.92 Å². The Labute approximate surface area is 205 Å². The number of nitrogens with zero attached hydrogens (tertiary/aromatic N) is 2. The molecule has 7 heteroatoms. The molecular formula is C27H39N3O3S. The zero-order valence-corrected chi connectivity index (χ0v) is 22.2. The molecule has 0 aliphatic carbocycles. The fourth-order valence-corrected chi connectivity index (χ4v) is 5.13. The molecule has 34 heavy (non-hydrogen) atoms. The van der Waals surface area contributed by atoms with Gasteiger partial charge in [0.1, 0.15) is 6.54 Å². The highest BCUT2D eigenvalue weighted by molar-refractivity contribution is 7.92. The van der Waals surface area contributed by atoms with E-state index in [1.54, 1.807) is 12.1 Å². The number of carbonyl (C=O) groups excluding carboxylic acids is 1. The average molecular weight is 486 g/mol. The number of carbonyl (C=O) groups is 1. The summed E-state index contributed by atoms with van der Waals surface area (Å²) in [5, 5.41) is 2.95. The van der Waals surface area contributed by atoms with Gasteiger partial charge in [-0.25, -0.2) is 8.42 Å². The van der Waals surface area contributed by atoms with E-state index in [9.17, 15) is 13.2 Å². The molecule has 1 aliphatic rings. The minimum atomic E-state index is -3.62. The topological polar surface area (TPSA) is 69.7 Å². The van der Waals surface area contributed by atoms with E-state index in [1.165, 1.54) is 18.5 Å². The smallest absolute Gasteiger partial charge is 0.241 e. The zero-order valence-electron chi connectivity index (χ0n) is 21.3. The largest absolute Gasteiger partial charge is 0.372 e. The van der Waals surface area contributed by atoms with E-state index in [4.69, 9.17) is 0 Å². The first-order valence-electron chi connectivity index (χ1n) is 12.1. The molecule has 1 N–H and O–H groups in total. The van der Waals surface area contributed by atoms with Gasteiger partial charge < -0.3 is 10.2 Å². The number of piperidine rings is 1. The molecule has 186 valence electrons. The van der Waals surface area contributed by atoms with Crippen molar-refractivity contribution in [3.05, 3.63) is 59.7 Å². The first-order chi connectivity index (χ1) is 15.8. The molecular weight excluding hydrogens is 446 g/mol. The van der Waals surface area contributed by atoms with E-state index in [2.05, 4.69) is 50.0 Å². The Balaban J connectivity index is 1.65. The van der Waals surface area contributed by atoms with Gasteiger partial charge in [-0.15, -0.1) is 0 Å². The Morgan fingerprint density at radius 2 is 1.62 bits per heavy atom. The molecule has 1 atom stereocenters. The van der Waals surface area contributed by atoms with Crippen LogP contribution in [-0.2, 0) is 20.2 Å². The highest BCUT2D eigenvalue weighted by Crippen LogP contribution is 2.27. The minimum absolute atomic E-state index is 0.0385. The third-order valence-electron chi connectivity index (χ3n) is 6.63. The van der Waals surface area contributed by atoms with Gasteiger partial charge in [0.2, 0.25) is 15.9 Å². The van der Waals surface area contributed by atoms with Crippen LogP contribution in [0.2, 0.25) is 0 Å². The molecule has 1 saturated heterocycles. The third kappa shape index (κ3) is 6.75. The highest BCUT2D eigenvalue weighted by Gasteiger charge is 2.23.